The lowest BCUT2D eigenvalue weighted by molar-refractivity contribution is -0.151. The topological polar surface area (TPSA) is 60.7 Å². The number of ether oxygens (including phenoxy) is 1. The van der Waals surface area contributed by atoms with Gasteiger partial charge in [-0.2, -0.15) is 0 Å². The second kappa shape index (κ2) is 5.48. The quantitative estimate of drug-likeness (QED) is 0.817. The zero-order chi connectivity index (χ0) is 16.0. The van der Waals surface area contributed by atoms with Gasteiger partial charge in [0.25, 0.3) is 5.56 Å². The molecule has 2 bridgehead atoms. The molecule has 0 spiro atoms. The van der Waals surface area contributed by atoms with Gasteiger partial charge in [0.05, 0.1) is 11.6 Å². The summed E-state index contributed by atoms with van der Waals surface area (Å²) in [6.45, 7) is 2.00. The second-order valence-corrected chi connectivity index (χ2v) is 6.91. The molecule has 23 heavy (non-hydrogen) atoms. The van der Waals surface area contributed by atoms with Gasteiger partial charge in [0.2, 0.25) is 0 Å². The third-order valence-corrected chi connectivity index (χ3v) is 5.26. The van der Waals surface area contributed by atoms with E-state index in [1.807, 2.05) is 13.0 Å². The molecular formula is C18H20N2O3. The van der Waals surface area contributed by atoms with Gasteiger partial charge in [0.1, 0.15) is 12.3 Å². The average molecular weight is 312 g/mol. The zero-order valence-electron chi connectivity index (χ0n) is 13.2. The first-order valence-corrected chi connectivity index (χ1v) is 8.26. The average Bonchev–Trinajstić information content (AvgIpc) is 3.16. The molecule has 0 radical (unpaired) electrons. The van der Waals surface area contributed by atoms with Crippen LogP contribution in [0, 0.1) is 24.7 Å². The Morgan fingerprint density at radius 2 is 2.22 bits per heavy atom. The maximum atomic E-state index is 12.3. The lowest BCUT2D eigenvalue weighted by Gasteiger charge is -2.19. The van der Waals surface area contributed by atoms with Crippen molar-refractivity contribution >= 4 is 11.6 Å². The molecule has 4 rings (SSSR count). The Bertz CT molecular complexity index is 827. The van der Waals surface area contributed by atoms with E-state index in [0.717, 1.165) is 18.4 Å². The molecule has 0 amide bonds. The summed E-state index contributed by atoms with van der Waals surface area (Å²) in [5.74, 6) is 1.15. The van der Waals surface area contributed by atoms with E-state index in [1.165, 1.54) is 23.3 Å². The largest absolute Gasteiger partial charge is 0.459 e. The van der Waals surface area contributed by atoms with Gasteiger partial charge in [-0.05, 0) is 49.7 Å². The van der Waals surface area contributed by atoms with Crippen LogP contribution in [-0.4, -0.2) is 15.4 Å². The number of pyridine rings is 1. The van der Waals surface area contributed by atoms with Gasteiger partial charge in [-0.1, -0.05) is 12.5 Å². The Hall–Kier alpha value is -2.17. The number of carbonyl (C=O) groups excluding carboxylic acids is 1. The molecule has 2 aromatic rings. The van der Waals surface area contributed by atoms with E-state index in [0.29, 0.717) is 23.2 Å². The van der Waals surface area contributed by atoms with Crippen molar-refractivity contribution < 1.29 is 9.53 Å². The number of rotatable bonds is 3. The van der Waals surface area contributed by atoms with Crippen molar-refractivity contribution in [2.45, 2.75) is 39.2 Å². The smallest absolute Gasteiger partial charge is 0.309 e. The third-order valence-electron chi connectivity index (χ3n) is 5.26. The van der Waals surface area contributed by atoms with Gasteiger partial charge in [0, 0.05) is 12.3 Å². The minimum Gasteiger partial charge on any atom is -0.459 e. The molecule has 2 aliphatic rings. The normalized spacial score (nSPS) is 25.9. The van der Waals surface area contributed by atoms with Crippen molar-refractivity contribution in [2.24, 2.45) is 17.8 Å². The zero-order valence-corrected chi connectivity index (χ0v) is 13.2. The fourth-order valence-corrected chi connectivity index (χ4v) is 4.12. The number of aromatic nitrogens is 2. The minimum absolute atomic E-state index is 0.0537. The highest BCUT2D eigenvalue weighted by atomic mass is 16.5. The molecule has 2 fully saturated rings. The number of carbonyl (C=O) groups is 1. The van der Waals surface area contributed by atoms with Crippen molar-refractivity contribution in [3.8, 4) is 0 Å². The van der Waals surface area contributed by atoms with E-state index >= 15 is 0 Å². The first-order valence-electron chi connectivity index (χ1n) is 8.26. The lowest BCUT2D eigenvalue weighted by Crippen LogP contribution is -2.24. The van der Waals surface area contributed by atoms with Crippen LogP contribution in [0.25, 0.3) is 5.65 Å². The maximum absolute atomic E-state index is 12.3. The van der Waals surface area contributed by atoms with Crippen molar-refractivity contribution in [2.75, 3.05) is 0 Å². The van der Waals surface area contributed by atoms with Gasteiger partial charge in [0.15, 0.2) is 0 Å². The molecule has 0 N–H and O–H groups in total. The Morgan fingerprint density at radius 3 is 2.96 bits per heavy atom. The van der Waals surface area contributed by atoms with Crippen LogP contribution in [0.15, 0.2) is 29.2 Å². The predicted octanol–water partition coefficient (Wildman–Crippen LogP) is 2.48. The Kier molecular flexibility index (Phi) is 3.43. The van der Waals surface area contributed by atoms with E-state index < -0.39 is 0 Å². The Labute approximate surface area is 134 Å². The van der Waals surface area contributed by atoms with Gasteiger partial charge in [-0.15, -0.1) is 0 Å². The predicted molar refractivity (Wildman–Crippen MR) is 84.9 cm³/mol. The van der Waals surface area contributed by atoms with Crippen molar-refractivity contribution in [3.05, 3.63) is 46.0 Å². The summed E-state index contributed by atoms with van der Waals surface area (Å²) in [4.78, 5) is 28.8. The summed E-state index contributed by atoms with van der Waals surface area (Å²) in [6, 6.07) is 5.16. The minimum atomic E-state index is -0.148. The van der Waals surface area contributed by atoms with E-state index in [-0.39, 0.29) is 24.1 Å². The SMILES string of the molecule is Cc1ccc2nc(COC(=O)C3CC4CCC3C4)cc(=O)n2c1. The van der Waals surface area contributed by atoms with Gasteiger partial charge >= 0.3 is 5.97 Å². The van der Waals surface area contributed by atoms with Crippen LogP contribution >= 0.6 is 0 Å². The molecular weight excluding hydrogens is 292 g/mol. The van der Waals surface area contributed by atoms with Crippen LogP contribution in [-0.2, 0) is 16.1 Å². The van der Waals surface area contributed by atoms with Crippen molar-refractivity contribution in [1.29, 1.82) is 0 Å². The molecule has 5 nitrogen and oxygen atoms in total. The highest BCUT2D eigenvalue weighted by molar-refractivity contribution is 5.73. The monoisotopic (exact) mass is 312 g/mol. The summed E-state index contributed by atoms with van der Waals surface area (Å²) in [5.41, 5.74) is 1.94. The van der Waals surface area contributed by atoms with Crippen LogP contribution in [0.2, 0.25) is 0 Å². The highest BCUT2D eigenvalue weighted by Gasteiger charge is 2.43. The van der Waals surface area contributed by atoms with Gasteiger partial charge in [-0.25, -0.2) is 4.98 Å². The lowest BCUT2D eigenvalue weighted by atomic mass is 9.89. The summed E-state index contributed by atoms with van der Waals surface area (Å²) < 4.78 is 6.95. The molecule has 0 saturated heterocycles. The molecule has 2 aromatic heterocycles. The van der Waals surface area contributed by atoms with Crippen molar-refractivity contribution in [1.82, 2.24) is 9.38 Å². The van der Waals surface area contributed by atoms with E-state index in [4.69, 9.17) is 4.74 Å². The van der Waals surface area contributed by atoms with Crippen LogP contribution in [0.4, 0.5) is 0 Å². The third kappa shape index (κ3) is 2.64. The summed E-state index contributed by atoms with van der Waals surface area (Å²) in [5, 5.41) is 0. The standard InChI is InChI=1S/C18H20N2O3/c1-11-2-5-16-19-14(8-17(21)20(16)9-11)10-23-18(22)15-7-12-3-4-13(15)6-12/h2,5,8-9,12-13,15H,3-4,6-7,10H2,1H3. The first kappa shape index (κ1) is 14.4. The molecule has 2 saturated carbocycles. The Morgan fingerprint density at radius 1 is 1.35 bits per heavy atom. The van der Waals surface area contributed by atoms with Gasteiger partial charge < -0.3 is 4.74 Å². The molecule has 120 valence electrons. The highest BCUT2D eigenvalue weighted by Crippen LogP contribution is 2.48. The van der Waals surface area contributed by atoms with E-state index in [9.17, 15) is 9.59 Å². The number of hydrogen-bond donors (Lipinski definition) is 0. The van der Waals surface area contributed by atoms with Crippen LogP contribution in [0.1, 0.15) is 36.9 Å². The number of esters is 1. The number of nitrogens with zero attached hydrogens (tertiary/aromatic N) is 2. The number of aryl methyl sites for hydroxylation is 1. The summed E-state index contributed by atoms with van der Waals surface area (Å²) in [6.07, 6.45) is 6.32. The van der Waals surface area contributed by atoms with Crippen LogP contribution < -0.4 is 5.56 Å². The molecule has 2 aliphatic carbocycles. The van der Waals surface area contributed by atoms with Crippen LogP contribution in [0.3, 0.4) is 0 Å². The molecule has 0 aliphatic heterocycles. The summed E-state index contributed by atoms with van der Waals surface area (Å²) in [7, 11) is 0. The van der Waals surface area contributed by atoms with Crippen molar-refractivity contribution in [3.63, 3.8) is 0 Å². The number of fused-ring (bicyclic) bond motifs is 3. The fourth-order valence-electron chi connectivity index (χ4n) is 4.12. The van der Waals surface area contributed by atoms with Crippen LogP contribution in [0.5, 0.6) is 0 Å². The second-order valence-electron chi connectivity index (χ2n) is 6.91. The Balaban J connectivity index is 1.49. The maximum Gasteiger partial charge on any atom is 0.309 e. The van der Waals surface area contributed by atoms with E-state index in [1.54, 1.807) is 12.3 Å². The molecule has 2 heterocycles. The molecule has 3 unspecified atom stereocenters. The first-order chi connectivity index (χ1) is 11.1. The summed E-state index contributed by atoms with van der Waals surface area (Å²) >= 11 is 0. The fraction of sp³-hybridized carbons (Fsp3) is 0.500. The number of hydrogen-bond acceptors (Lipinski definition) is 4. The molecule has 3 atom stereocenters. The molecule has 5 heteroatoms. The van der Waals surface area contributed by atoms with Gasteiger partial charge in [-0.3, -0.25) is 14.0 Å². The molecule has 0 aromatic carbocycles. The van der Waals surface area contributed by atoms with E-state index in [2.05, 4.69) is 4.98 Å².